The number of aromatic carboxylic acids is 1. The standard InChI is InChI=1S/C25H25N3O5S/c29-22(27-14-23-28-13-21(34-23)24(30)31)11-5-6-12-26-25(32)33-15-20-18-9-3-1-7-16(18)17-8-2-4-10-19(17)20/h1-4,7-10,13,20H,5-6,11-12,14-15H2,(H,26,32)(H,27,29)(H,30,31). The Morgan fingerprint density at radius 2 is 1.65 bits per heavy atom. The molecule has 1 aliphatic rings. The van der Waals surface area contributed by atoms with E-state index in [1.807, 2.05) is 24.3 Å². The molecule has 0 radical (unpaired) electrons. The lowest BCUT2D eigenvalue weighted by atomic mass is 9.98. The van der Waals surface area contributed by atoms with Crippen molar-refractivity contribution in [2.45, 2.75) is 31.7 Å². The molecule has 4 rings (SSSR count). The van der Waals surface area contributed by atoms with Crippen LogP contribution in [0.15, 0.2) is 54.7 Å². The summed E-state index contributed by atoms with van der Waals surface area (Å²) in [6, 6.07) is 16.4. The van der Waals surface area contributed by atoms with E-state index in [0.29, 0.717) is 30.8 Å². The van der Waals surface area contributed by atoms with Crippen LogP contribution >= 0.6 is 11.3 Å². The third-order valence-electron chi connectivity index (χ3n) is 5.64. The van der Waals surface area contributed by atoms with Gasteiger partial charge in [0.25, 0.3) is 0 Å². The van der Waals surface area contributed by atoms with Gasteiger partial charge in [-0.1, -0.05) is 48.5 Å². The second kappa shape index (κ2) is 10.9. The van der Waals surface area contributed by atoms with E-state index in [9.17, 15) is 14.4 Å². The van der Waals surface area contributed by atoms with E-state index in [-0.39, 0.29) is 29.9 Å². The fourth-order valence-corrected chi connectivity index (χ4v) is 4.70. The van der Waals surface area contributed by atoms with Crippen molar-refractivity contribution in [3.8, 4) is 11.1 Å². The van der Waals surface area contributed by atoms with Crippen molar-refractivity contribution >= 4 is 29.3 Å². The molecule has 176 valence electrons. The third kappa shape index (κ3) is 5.60. The third-order valence-corrected chi connectivity index (χ3v) is 6.63. The average Bonchev–Trinajstić information content (AvgIpc) is 3.44. The minimum atomic E-state index is -1.03. The van der Waals surface area contributed by atoms with Gasteiger partial charge in [-0.25, -0.2) is 14.6 Å². The molecule has 1 aromatic heterocycles. The molecule has 2 aromatic carbocycles. The number of carbonyl (C=O) groups excluding carboxylic acids is 2. The molecule has 0 unspecified atom stereocenters. The fraction of sp³-hybridized carbons (Fsp3) is 0.280. The maximum atomic E-state index is 12.2. The number of nitrogens with one attached hydrogen (secondary N) is 2. The number of alkyl carbamates (subject to hydrolysis) is 1. The number of carboxylic acid groups (broad SMARTS) is 1. The van der Waals surface area contributed by atoms with Crippen molar-refractivity contribution in [1.82, 2.24) is 15.6 Å². The summed E-state index contributed by atoms with van der Waals surface area (Å²) in [5, 5.41) is 14.9. The first kappa shape index (κ1) is 23.4. The van der Waals surface area contributed by atoms with Crippen molar-refractivity contribution in [2.24, 2.45) is 0 Å². The van der Waals surface area contributed by atoms with Crippen LogP contribution in [0, 0.1) is 0 Å². The van der Waals surface area contributed by atoms with Crippen molar-refractivity contribution in [1.29, 1.82) is 0 Å². The molecule has 0 aliphatic heterocycles. The Balaban J connectivity index is 1.13. The van der Waals surface area contributed by atoms with Crippen molar-refractivity contribution in [3.05, 3.63) is 75.7 Å². The summed E-state index contributed by atoms with van der Waals surface area (Å²) in [6.45, 7) is 0.885. The first-order valence-corrected chi connectivity index (χ1v) is 11.9. The number of fused-ring (bicyclic) bond motifs is 3. The van der Waals surface area contributed by atoms with Crippen LogP contribution in [0.3, 0.4) is 0 Å². The van der Waals surface area contributed by atoms with Gasteiger partial charge >= 0.3 is 12.1 Å². The number of unbranched alkanes of at least 4 members (excludes halogenated alkanes) is 1. The smallest absolute Gasteiger partial charge is 0.407 e. The highest BCUT2D eigenvalue weighted by Crippen LogP contribution is 2.44. The normalized spacial score (nSPS) is 12.0. The van der Waals surface area contributed by atoms with E-state index in [2.05, 4.69) is 39.9 Å². The molecular weight excluding hydrogens is 454 g/mol. The number of nitrogens with zero attached hydrogens (tertiary/aromatic N) is 1. The summed E-state index contributed by atoms with van der Waals surface area (Å²) in [7, 11) is 0. The summed E-state index contributed by atoms with van der Waals surface area (Å²) >= 11 is 1.04. The molecule has 0 atom stereocenters. The summed E-state index contributed by atoms with van der Waals surface area (Å²) in [4.78, 5) is 39.1. The van der Waals surface area contributed by atoms with E-state index in [4.69, 9.17) is 9.84 Å². The largest absolute Gasteiger partial charge is 0.477 e. The highest BCUT2D eigenvalue weighted by Gasteiger charge is 2.28. The van der Waals surface area contributed by atoms with Gasteiger partial charge in [0.1, 0.15) is 16.5 Å². The molecule has 0 spiro atoms. The van der Waals surface area contributed by atoms with Crippen LogP contribution in [-0.2, 0) is 16.1 Å². The first-order valence-electron chi connectivity index (χ1n) is 11.1. The first-order chi connectivity index (χ1) is 16.5. The maximum Gasteiger partial charge on any atom is 0.407 e. The summed E-state index contributed by atoms with van der Waals surface area (Å²) < 4.78 is 5.50. The fourth-order valence-electron chi connectivity index (χ4n) is 4.00. The number of rotatable bonds is 10. The Morgan fingerprint density at radius 1 is 0.971 bits per heavy atom. The molecule has 0 saturated carbocycles. The molecule has 34 heavy (non-hydrogen) atoms. The molecule has 1 heterocycles. The molecule has 1 aliphatic carbocycles. The van der Waals surface area contributed by atoms with Crippen LogP contribution in [0.25, 0.3) is 11.1 Å². The number of amides is 2. The van der Waals surface area contributed by atoms with E-state index < -0.39 is 12.1 Å². The molecule has 3 aromatic rings. The van der Waals surface area contributed by atoms with Crippen molar-refractivity contribution in [3.63, 3.8) is 0 Å². The predicted molar refractivity (Wildman–Crippen MR) is 128 cm³/mol. The number of thiazole rings is 1. The minimum Gasteiger partial charge on any atom is -0.477 e. The summed E-state index contributed by atoms with van der Waals surface area (Å²) in [5.41, 5.74) is 4.70. The van der Waals surface area contributed by atoms with Gasteiger partial charge in [-0.2, -0.15) is 0 Å². The van der Waals surface area contributed by atoms with Crippen LogP contribution in [0.2, 0.25) is 0 Å². The second-order valence-corrected chi connectivity index (χ2v) is 9.02. The van der Waals surface area contributed by atoms with Crippen LogP contribution in [-0.4, -0.2) is 41.2 Å². The minimum absolute atomic E-state index is 0.0197. The van der Waals surface area contributed by atoms with E-state index in [1.165, 1.54) is 28.5 Å². The molecule has 8 nitrogen and oxygen atoms in total. The Labute approximate surface area is 201 Å². The molecule has 2 amide bonds. The predicted octanol–water partition coefficient (Wildman–Crippen LogP) is 4.17. The molecular formula is C25H25N3O5S. The topological polar surface area (TPSA) is 118 Å². The van der Waals surface area contributed by atoms with Gasteiger partial charge in [-0.05, 0) is 35.1 Å². The quantitative estimate of drug-likeness (QED) is 0.376. The lowest BCUT2D eigenvalue weighted by molar-refractivity contribution is -0.121. The summed E-state index contributed by atoms with van der Waals surface area (Å²) in [5.74, 6) is -1.15. The Kier molecular flexibility index (Phi) is 7.54. The molecule has 0 saturated heterocycles. The zero-order valence-corrected chi connectivity index (χ0v) is 19.3. The van der Waals surface area contributed by atoms with Gasteiger partial charge in [0.2, 0.25) is 5.91 Å². The van der Waals surface area contributed by atoms with Gasteiger partial charge in [-0.15, -0.1) is 11.3 Å². The number of benzene rings is 2. The molecule has 0 bridgehead atoms. The lowest BCUT2D eigenvalue weighted by Gasteiger charge is -2.14. The van der Waals surface area contributed by atoms with Gasteiger partial charge in [0.15, 0.2) is 0 Å². The van der Waals surface area contributed by atoms with Gasteiger partial charge in [-0.3, -0.25) is 4.79 Å². The summed E-state index contributed by atoms with van der Waals surface area (Å²) in [6.07, 6.45) is 2.36. The Morgan fingerprint density at radius 3 is 2.29 bits per heavy atom. The van der Waals surface area contributed by atoms with Crippen molar-refractivity contribution < 1.29 is 24.2 Å². The van der Waals surface area contributed by atoms with Gasteiger partial charge < -0.3 is 20.5 Å². The van der Waals surface area contributed by atoms with Crippen LogP contribution in [0.5, 0.6) is 0 Å². The van der Waals surface area contributed by atoms with Crippen LogP contribution in [0.4, 0.5) is 4.79 Å². The van der Waals surface area contributed by atoms with E-state index in [1.54, 1.807) is 0 Å². The Bertz CT molecular complexity index is 1150. The Hall–Kier alpha value is -3.72. The van der Waals surface area contributed by atoms with Gasteiger partial charge in [0.05, 0.1) is 12.7 Å². The highest BCUT2D eigenvalue weighted by atomic mass is 32.1. The number of carbonyl (C=O) groups is 3. The van der Waals surface area contributed by atoms with Crippen LogP contribution < -0.4 is 10.6 Å². The number of ether oxygens (including phenoxy) is 1. The van der Waals surface area contributed by atoms with Gasteiger partial charge in [0, 0.05) is 18.9 Å². The van der Waals surface area contributed by atoms with E-state index >= 15 is 0 Å². The maximum absolute atomic E-state index is 12.2. The number of hydrogen-bond acceptors (Lipinski definition) is 6. The van der Waals surface area contributed by atoms with E-state index in [0.717, 1.165) is 11.3 Å². The number of carboxylic acids is 1. The lowest BCUT2D eigenvalue weighted by Crippen LogP contribution is -2.27. The molecule has 0 fully saturated rings. The molecule has 9 heteroatoms. The zero-order chi connectivity index (χ0) is 23.9. The zero-order valence-electron chi connectivity index (χ0n) is 18.5. The number of aromatic nitrogens is 1. The second-order valence-electron chi connectivity index (χ2n) is 7.91. The molecule has 3 N–H and O–H groups in total. The number of hydrogen-bond donors (Lipinski definition) is 3. The van der Waals surface area contributed by atoms with Crippen LogP contribution in [0.1, 0.15) is 51.0 Å². The SMILES string of the molecule is O=C(CCCCNC(=O)OCC1c2ccccc2-c2ccccc21)NCc1ncc(C(=O)O)s1. The monoisotopic (exact) mass is 479 g/mol. The van der Waals surface area contributed by atoms with Crippen molar-refractivity contribution in [2.75, 3.05) is 13.2 Å². The average molecular weight is 480 g/mol. The highest BCUT2D eigenvalue weighted by molar-refractivity contribution is 7.13.